The van der Waals surface area contributed by atoms with Crippen LogP contribution in [0.3, 0.4) is 0 Å². The van der Waals surface area contributed by atoms with E-state index >= 15 is 0 Å². The van der Waals surface area contributed by atoms with Crippen LogP contribution in [0.15, 0.2) is 36.4 Å². The third-order valence-electron chi connectivity index (χ3n) is 4.34. The molecule has 0 aliphatic heterocycles. The topological polar surface area (TPSA) is 70.6 Å². The van der Waals surface area contributed by atoms with Crippen LogP contribution in [-0.4, -0.2) is 23.2 Å². The van der Waals surface area contributed by atoms with Crippen molar-refractivity contribution in [2.45, 2.75) is 33.1 Å². The van der Waals surface area contributed by atoms with Crippen molar-refractivity contribution in [3.05, 3.63) is 53.1 Å². The van der Waals surface area contributed by atoms with Gasteiger partial charge >= 0.3 is 0 Å². The summed E-state index contributed by atoms with van der Waals surface area (Å²) in [7, 11) is 1.52. The predicted molar refractivity (Wildman–Crippen MR) is 108 cm³/mol. The lowest BCUT2D eigenvalue weighted by molar-refractivity contribution is 0.0974. The molecule has 0 fully saturated rings. The summed E-state index contributed by atoms with van der Waals surface area (Å²) < 4.78 is 5.31. The zero-order valence-corrected chi connectivity index (χ0v) is 16.2. The first kappa shape index (κ1) is 19.7. The van der Waals surface area contributed by atoms with Crippen molar-refractivity contribution in [2.75, 3.05) is 12.4 Å². The monoisotopic (exact) mass is 372 g/mol. The second-order valence-electron chi connectivity index (χ2n) is 6.15. The molecule has 1 atom stereocenters. The Morgan fingerprint density at radius 1 is 1.31 bits per heavy atom. The highest BCUT2D eigenvalue weighted by molar-refractivity contribution is 7.80. The number of carbonyl (C=O) groups excluding carboxylic acids is 1. The van der Waals surface area contributed by atoms with Crippen LogP contribution >= 0.6 is 12.2 Å². The van der Waals surface area contributed by atoms with Gasteiger partial charge in [0.15, 0.2) is 5.11 Å². The molecule has 6 heteroatoms. The molecule has 0 heterocycles. The second-order valence-corrected chi connectivity index (χ2v) is 6.56. The Balaban J connectivity index is 2.14. The fourth-order valence-corrected chi connectivity index (χ4v) is 2.82. The van der Waals surface area contributed by atoms with E-state index in [1.54, 1.807) is 18.2 Å². The molecule has 2 aromatic rings. The zero-order chi connectivity index (χ0) is 19.3. The number of ether oxygens (including phenoxy) is 1. The predicted octanol–water partition coefficient (Wildman–Crippen LogP) is 4.35. The van der Waals surface area contributed by atoms with E-state index in [-0.39, 0.29) is 16.8 Å². The molecule has 0 radical (unpaired) electrons. The SMILES string of the molecule is CC[C@@H](C)c1ccc(O)c(NC(=S)NC(=O)c2cccc(C)c2OC)c1. The van der Waals surface area contributed by atoms with Gasteiger partial charge in [-0.3, -0.25) is 10.1 Å². The summed E-state index contributed by atoms with van der Waals surface area (Å²) in [6.07, 6.45) is 0.985. The average Bonchev–Trinajstić information content (AvgIpc) is 2.62. The number of carbonyl (C=O) groups is 1. The van der Waals surface area contributed by atoms with E-state index in [1.807, 2.05) is 25.1 Å². The molecule has 0 aliphatic carbocycles. The van der Waals surface area contributed by atoms with Crippen molar-refractivity contribution in [1.82, 2.24) is 5.32 Å². The van der Waals surface area contributed by atoms with Gasteiger partial charge in [-0.2, -0.15) is 0 Å². The summed E-state index contributed by atoms with van der Waals surface area (Å²) in [4.78, 5) is 12.5. The first-order valence-corrected chi connectivity index (χ1v) is 8.87. The largest absolute Gasteiger partial charge is 0.506 e. The number of anilines is 1. The number of aromatic hydroxyl groups is 1. The number of benzene rings is 2. The number of para-hydroxylation sites is 1. The number of thiocarbonyl (C=S) groups is 1. The van der Waals surface area contributed by atoms with Gasteiger partial charge in [-0.25, -0.2) is 0 Å². The molecule has 2 rings (SSSR count). The van der Waals surface area contributed by atoms with Gasteiger partial charge in [0.1, 0.15) is 11.5 Å². The van der Waals surface area contributed by atoms with Crippen LogP contribution in [0.1, 0.15) is 47.7 Å². The Bertz CT molecular complexity index is 821. The van der Waals surface area contributed by atoms with Gasteiger partial charge in [0.2, 0.25) is 0 Å². The number of phenolic OH excluding ortho intramolecular Hbond substituents is 1. The molecule has 0 saturated carbocycles. The van der Waals surface area contributed by atoms with E-state index in [1.165, 1.54) is 7.11 Å². The first-order chi connectivity index (χ1) is 12.4. The summed E-state index contributed by atoms with van der Waals surface area (Å²) in [5.41, 5.74) is 2.80. The number of amides is 1. The zero-order valence-electron chi connectivity index (χ0n) is 15.4. The molecule has 3 N–H and O–H groups in total. The van der Waals surface area contributed by atoms with Gasteiger partial charge in [-0.1, -0.05) is 32.0 Å². The summed E-state index contributed by atoms with van der Waals surface area (Å²) >= 11 is 5.23. The standard InChI is InChI=1S/C20H24N2O3S/c1-5-12(2)14-9-10-17(23)16(11-14)21-20(26)22-19(24)15-8-6-7-13(3)18(15)25-4/h6-12,23H,5H2,1-4H3,(H2,21,22,24,26)/t12-/m1/s1. The molecule has 0 bridgehead atoms. The summed E-state index contributed by atoms with van der Waals surface area (Å²) in [5, 5.41) is 15.7. The van der Waals surface area contributed by atoms with Crippen LogP contribution in [0.5, 0.6) is 11.5 Å². The van der Waals surface area contributed by atoms with Crippen molar-refractivity contribution in [3.63, 3.8) is 0 Å². The van der Waals surface area contributed by atoms with Gasteiger partial charge in [-0.15, -0.1) is 0 Å². The van der Waals surface area contributed by atoms with Gasteiger partial charge in [0, 0.05) is 0 Å². The van der Waals surface area contributed by atoms with E-state index in [9.17, 15) is 9.90 Å². The maximum absolute atomic E-state index is 12.5. The maximum atomic E-state index is 12.5. The quantitative estimate of drug-likeness (QED) is 0.538. The Hall–Kier alpha value is -2.60. The van der Waals surface area contributed by atoms with Crippen LogP contribution < -0.4 is 15.4 Å². The number of nitrogens with one attached hydrogen (secondary N) is 2. The van der Waals surface area contributed by atoms with Gasteiger partial charge in [-0.05, 0) is 60.8 Å². The Labute approximate surface area is 159 Å². The molecule has 0 aromatic heterocycles. The van der Waals surface area contributed by atoms with E-state index in [0.717, 1.165) is 17.5 Å². The molecular weight excluding hydrogens is 348 g/mol. The lowest BCUT2D eigenvalue weighted by Gasteiger charge is -2.15. The number of aryl methyl sites for hydroxylation is 1. The third-order valence-corrected chi connectivity index (χ3v) is 4.54. The molecule has 26 heavy (non-hydrogen) atoms. The molecule has 0 saturated heterocycles. The average molecular weight is 372 g/mol. The van der Waals surface area contributed by atoms with Gasteiger partial charge in [0.05, 0.1) is 18.4 Å². The van der Waals surface area contributed by atoms with Crippen LogP contribution in [0, 0.1) is 6.92 Å². The Morgan fingerprint density at radius 2 is 2.04 bits per heavy atom. The van der Waals surface area contributed by atoms with Gasteiger partial charge in [0.25, 0.3) is 5.91 Å². The minimum absolute atomic E-state index is 0.0711. The highest BCUT2D eigenvalue weighted by atomic mass is 32.1. The van der Waals surface area contributed by atoms with Crippen LogP contribution in [-0.2, 0) is 0 Å². The number of hydrogen-bond acceptors (Lipinski definition) is 4. The molecule has 138 valence electrons. The van der Waals surface area contributed by atoms with Crippen molar-refractivity contribution < 1.29 is 14.6 Å². The minimum atomic E-state index is -0.374. The van der Waals surface area contributed by atoms with Crippen molar-refractivity contribution >= 4 is 28.9 Å². The lowest BCUT2D eigenvalue weighted by Crippen LogP contribution is -2.34. The molecule has 0 spiro atoms. The highest BCUT2D eigenvalue weighted by Crippen LogP contribution is 2.29. The second kappa shape index (κ2) is 8.67. The summed E-state index contributed by atoms with van der Waals surface area (Å²) in [6, 6.07) is 10.7. The fourth-order valence-electron chi connectivity index (χ4n) is 2.62. The Kier molecular flexibility index (Phi) is 6.58. The van der Waals surface area contributed by atoms with Crippen LogP contribution in [0.4, 0.5) is 5.69 Å². The maximum Gasteiger partial charge on any atom is 0.261 e. The van der Waals surface area contributed by atoms with E-state index in [4.69, 9.17) is 17.0 Å². The Morgan fingerprint density at radius 3 is 2.69 bits per heavy atom. The van der Waals surface area contributed by atoms with Crippen LogP contribution in [0.2, 0.25) is 0 Å². The fraction of sp³-hybridized carbons (Fsp3) is 0.300. The smallest absolute Gasteiger partial charge is 0.261 e. The van der Waals surface area contributed by atoms with Crippen molar-refractivity contribution in [3.8, 4) is 11.5 Å². The molecule has 1 amide bonds. The molecule has 5 nitrogen and oxygen atoms in total. The van der Waals surface area contributed by atoms with E-state index in [0.29, 0.717) is 22.9 Å². The summed E-state index contributed by atoms with van der Waals surface area (Å²) in [5.74, 6) is 0.563. The van der Waals surface area contributed by atoms with Crippen molar-refractivity contribution in [2.24, 2.45) is 0 Å². The lowest BCUT2D eigenvalue weighted by atomic mass is 9.98. The van der Waals surface area contributed by atoms with Crippen LogP contribution in [0.25, 0.3) is 0 Å². The minimum Gasteiger partial charge on any atom is -0.506 e. The first-order valence-electron chi connectivity index (χ1n) is 8.46. The van der Waals surface area contributed by atoms with Gasteiger partial charge < -0.3 is 15.2 Å². The number of phenols is 1. The normalized spacial score (nSPS) is 11.5. The molecule has 0 aliphatic rings. The molecule has 2 aromatic carbocycles. The van der Waals surface area contributed by atoms with E-state index in [2.05, 4.69) is 24.5 Å². The number of hydrogen-bond donors (Lipinski definition) is 3. The number of methoxy groups -OCH3 is 1. The highest BCUT2D eigenvalue weighted by Gasteiger charge is 2.16. The molecule has 0 unspecified atom stereocenters. The third kappa shape index (κ3) is 4.52. The van der Waals surface area contributed by atoms with E-state index < -0.39 is 0 Å². The number of rotatable bonds is 5. The molecular formula is C20H24N2O3S. The van der Waals surface area contributed by atoms with Crippen molar-refractivity contribution in [1.29, 1.82) is 0 Å². The summed E-state index contributed by atoms with van der Waals surface area (Å²) in [6.45, 7) is 6.08.